The zero-order valence-electron chi connectivity index (χ0n) is 14.0. The molecule has 2 aliphatic heterocycles. The average molecular weight is 315 g/mol. The standard InChI is InChI=1S/C12H18N2.C6H11N3/c1-2-4-12(5-3-1)6-9-14-10-7-13-8-11-14;7-1-4-9-5-2-8-3-6-9/h1-5,13H,6-11H2;8H,2-6H2. The summed E-state index contributed by atoms with van der Waals surface area (Å²) in [5, 5.41) is 14.9. The lowest BCUT2D eigenvalue weighted by atomic mass is 10.1. The molecule has 5 nitrogen and oxygen atoms in total. The fraction of sp³-hybridized carbons (Fsp3) is 0.611. The highest BCUT2D eigenvalue weighted by atomic mass is 15.2. The van der Waals surface area contributed by atoms with E-state index in [1.54, 1.807) is 0 Å². The van der Waals surface area contributed by atoms with Crippen molar-refractivity contribution in [3.05, 3.63) is 35.9 Å². The van der Waals surface area contributed by atoms with Gasteiger partial charge in [0.25, 0.3) is 0 Å². The van der Waals surface area contributed by atoms with Gasteiger partial charge in [-0.05, 0) is 12.0 Å². The van der Waals surface area contributed by atoms with Crippen LogP contribution in [0.15, 0.2) is 30.3 Å². The minimum absolute atomic E-state index is 0.585. The molecule has 126 valence electrons. The Labute approximate surface area is 140 Å². The molecule has 0 bridgehead atoms. The maximum Gasteiger partial charge on any atom is 0.0866 e. The summed E-state index contributed by atoms with van der Waals surface area (Å²) in [7, 11) is 0. The monoisotopic (exact) mass is 315 g/mol. The van der Waals surface area contributed by atoms with Crippen molar-refractivity contribution in [1.82, 2.24) is 20.4 Å². The van der Waals surface area contributed by atoms with Crippen LogP contribution < -0.4 is 10.6 Å². The molecule has 2 aliphatic rings. The molecule has 0 unspecified atom stereocenters. The van der Waals surface area contributed by atoms with E-state index < -0.39 is 0 Å². The van der Waals surface area contributed by atoms with E-state index in [0.29, 0.717) is 6.54 Å². The van der Waals surface area contributed by atoms with E-state index in [1.165, 1.54) is 31.6 Å². The number of piperazine rings is 2. The minimum Gasteiger partial charge on any atom is -0.314 e. The Hall–Kier alpha value is -1.45. The summed E-state index contributed by atoms with van der Waals surface area (Å²) >= 11 is 0. The Morgan fingerprint density at radius 2 is 1.43 bits per heavy atom. The van der Waals surface area contributed by atoms with Gasteiger partial charge in [-0.1, -0.05) is 30.3 Å². The third-order valence-corrected chi connectivity index (χ3v) is 4.27. The molecular weight excluding hydrogens is 286 g/mol. The van der Waals surface area contributed by atoms with Crippen molar-refractivity contribution >= 4 is 0 Å². The molecule has 2 heterocycles. The summed E-state index contributed by atoms with van der Waals surface area (Å²) in [6.45, 7) is 10.6. The smallest absolute Gasteiger partial charge is 0.0866 e. The van der Waals surface area contributed by atoms with Crippen LogP contribution in [0.4, 0.5) is 0 Å². The van der Waals surface area contributed by atoms with Crippen LogP contribution in [0.1, 0.15) is 5.56 Å². The molecule has 2 fully saturated rings. The fourth-order valence-electron chi connectivity index (χ4n) is 2.84. The zero-order valence-corrected chi connectivity index (χ0v) is 14.0. The van der Waals surface area contributed by atoms with Crippen molar-refractivity contribution < 1.29 is 0 Å². The van der Waals surface area contributed by atoms with Gasteiger partial charge in [-0.3, -0.25) is 4.90 Å². The van der Waals surface area contributed by atoms with Crippen LogP contribution >= 0.6 is 0 Å². The van der Waals surface area contributed by atoms with Gasteiger partial charge < -0.3 is 15.5 Å². The molecule has 0 radical (unpaired) electrons. The van der Waals surface area contributed by atoms with Crippen LogP contribution in [0.3, 0.4) is 0 Å². The maximum absolute atomic E-state index is 8.31. The van der Waals surface area contributed by atoms with Gasteiger partial charge in [0.2, 0.25) is 0 Å². The highest BCUT2D eigenvalue weighted by Gasteiger charge is 2.08. The number of hydrogen-bond donors (Lipinski definition) is 2. The fourth-order valence-corrected chi connectivity index (χ4v) is 2.84. The third kappa shape index (κ3) is 7.58. The van der Waals surface area contributed by atoms with E-state index >= 15 is 0 Å². The lowest BCUT2D eigenvalue weighted by molar-refractivity contribution is 0.244. The summed E-state index contributed by atoms with van der Waals surface area (Å²) < 4.78 is 0. The molecular formula is C18H29N5. The minimum atomic E-state index is 0.585. The Bertz CT molecular complexity index is 444. The zero-order chi connectivity index (χ0) is 16.2. The first kappa shape index (κ1) is 17.9. The summed E-state index contributed by atoms with van der Waals surface area (Å²) in [5.74, 6) is 0. The van der Waals surface area contributed by atoms with Gasteiger partial charge in [-0.15, -0.1) is 0 Å². The van der Waals surface area contributed by atoms with Gasteiger partial charge in [0.05, 0.1) is 12.6 Å². The van der Waals surface area contributed by atoms with Gasteiger partial charge in [0.15, 0.2) is 0 Å². The summed E-state index contributed by atoms with van der Waals surface area (Å²) in [4.78, 5) is 4.68. The van der Waals surface area contributed by atoms with Crippen molar-refractivity contribution in [3.8, 4) is 6.07 Å². The first-order valence-electron chi connectivity index (χ1n) is 8.65. The molecule has 5 heteroatoms. The van der Waals surface area contributed by atoms with Crippen molar-refractivity contribution in [2.24, 2.45) is 0 Å². The molecule has 0 spiro atoms. The van der Waals surface area contributed by atoms with Crippen LogP contribution in [0.5, 0.6) is 0 Å². The molecule has 3 rings (SSSR count). The second-order valence-corrected chi connectivity index (χ2v) is 6.01. The van der Waals surface area contributed by atoms with Gasteiger partial charge >= 0.3 is 0 Å². The number of nitriles is 1. The molecule has 2 N–H and O–H groups in total. The lowest BCUT2D eigenvalue weighted by Gasteiger charge is -2.27. The summed E-state index contributed by atoms with van der Waals surface area (Å²) in [6.07, 6.45) is 1.18. The van der Waals surface area contributed by atoms with Gasteiger partial charge in [-0.2, -0.15) is 5.26 Å². The van der Waals surface area contributed by atoms with E-state index in [2.05, 4.69) is 56.8 Å². The molecule has 0 amide bonds. The molecule has 0 atom stereocenters. The molecule has 0 aliphatic carbocycles. The first-order chi connectivity index (χ1) is 11.4. The number of benzene rings is 1. The molecule has 23 heavy (non-hydrogen) atoms. The van der Waals surface area contributed by atoms with Gasteiger partial charge in [0, 0.05) is 58.9 Å². The Kier molecular flexibility index (Phi) is 8.67. The highest BCUT2D eigenvalue weighted by Crippen LogP contribution is 2.01. The highest BCUT2D eigenvalue weighted by molar-refractivity contribution is 5.14. The van der Waals surface area contributed by atoms with Gasteiger partial charge in [-0.25, -0.2) is 0 Å². The second-order valence-electron chi connectivity index (χ2n) is 6.01. The van der Waals surface area contributed by atoms with Crippen LogP contribution in [0.25, 0.3) is 0 Å². The van der Waals surface area contributed by atoms with Crippen molar-refractivity contribution in [3.63, 3.8) is 0 Å². The van der Waals surface area contributed by atoms with E-state index in [0.717, 1.165) is 39.3 Å². The van der Waals surface area contributed by atoms with Crippen LogP contribution in [0, 0.1) is 11.3 Å². The lowest BCUT2D eigenvalue weighted by Crippen LogP contribution is -2.44. The molecule has 1 aromatic carbocycles. The van der Waals surface area contributed by atoms with Crippen molar-refractivity contribution in [1.29, 1.82) is 5.26 Å². The topological polar surface area (TPSA) is 54.3 Å². The predicted octanol–water partition coefficient (Wildman–Crippen LogP) is 0.549. The number of nitrogens with one attached hydrogen (secondary N) is 2. The quantitative estimate of drug-likeness (QED) is 0.795. The average Bonchev–Trinajstić information content (AvgIpc) is 2.64. The predicted molar refractivity (Wildman–Crippen MR) is 94.4 cm³/mol. The van der Waals surface area contributed by atoms with E-state index in [9.17, 15) is 0 Å². The number of nitrogens with zero attached hydrogens (tertiary/aromatic N) is 3. The van der Waals surface area contributed by atoms with E-state index in [-0.39, 0.29) is 0 Å². The summed E-state index contributed by atoms with van der Waals surface area (Å²) in [6, 6.07) is 12.9. The van der Waals surface area contributed by atoms with Gasteiger partial charge in [0.1, 0.15) is 0 Å². The Balaban J connectivity index is 0.000000185. The number of hydrogen-bond acceptors (Lipinski definition) is 5. The third-order valence-electron chi connectivity index (χ3n) is 4.27. The maximum atomic E-state index is 8.31. The number of rotatable bonds is 4. The van der Waals surface area contributed by atoms with Crippen LogP contribution in [-0.2, 0) is 6.42 Å². The van der Waals surface area contributed by atoms with E-state index in [4.69, 9.17) is 5.26 Å². The van der Waals surface area contributed by atoms with Crippen molar-refractivity contribution in [2.75, 3.05) is 65.4 Å². The largest absolute Gasteiger partial charge is 0.314 e. The molecule has 2 saturated heterocycles. The van der Waals surface area contributed by atoms with E-state index in [1.807, 2.05) is 0 Å². The molecule has 1 aromatic rings. The van der Waals surface area contributed by atoms with Crippen LogP contribution in [0.2, 0.25) is 0 Å². The van der Waals surface area contributed by atoms with Crippen LogP contribution in [-0.4, -0.2) is 75.2 Å². The second kappa shape index (κ2) is 11.1. The Morgan fingerprint density at radius 1 is 0.870 bits per heavy atom. The summed E-state index contributed by atoms with van der Waals surface area (Å²) in [5.41, 5.74) is 1.45. The first-order valence-corrected chi connectivity index (χ1v) is 8.65. The van der Waals surface area contributed by atoms with Crippen molar-refractivity contribution in [2.45, 2.75) is 6.42 Å². The molecule has 0 aromatic heterocycles. The molecule has 0 saturated carbocycles. The SMILES string of the molecule is N#CCN1CCNCC1.c1ccc(CCN2CCNCC2)cc1. The normalized spacial score (nSPS) is 19.4. The Morgan fingerprint density at radius 3 is 2.00 bits per heavy atom.